The van der Waals surface area contributed by atoms with Gasteiger partial charge in [-0.25, -0.2) is 4.68 Å². The lowest BCUT2D eigenvalue weighted by molar-refractivity contribution is -0.137. The van der Waals surface area contributed by atoms with Crippen molar-refractivity contribution in [3.8, 4) is 0 Å². The van der Waals surface area contributed by atoms with Gasteiger partial charge in [0, 0.05) is 24.7 Å². The molecule has 1 aromatic heterocycles. The van der Waals surface area contributed by atoms with E-state index in [1.54, 1.807) is 16.8 Å². The number of nitrogens with zero attached hydrogens (tertiary/aromatic N) is 3. The minimum absolute atomic E-state index is 0.0289. The molecule has 0 aliphatic carbocycles. The maximum absolute atomic E-state index is 12.5. The third-order valence-electron chi connectivity index (χ3n) is 4.69. The quantitative estimate of drug-likeness (QED) is 0.748. The van der Waals surface area contributed by atoms with Crippen LogP contribution >= 0.6 is 11.6 Å². The molecule has 1 aromatic carbocycles. The highest BCUT2D eigenvalue weighted by atomic mass is 35.5. The summed E-state index contributed by atoms with van der Waals surface area (Å²) in [7, 11) is 0. The van der Waals surface area contributed by atoms with Crippen LogP contribution in [0.3, 0.4) is 0 Å². The monoisotopic (exact) mass is 387 g/mol. The molecule has 144 valence electrons. The van der Waals surface area contributed by atoms with Gasteiger partial charge in [0.1, 0.15) is 5.15 Å². The molecule has 0 spiro atoms. The zero-order valence-electron chi connectivity index (χ0n) is 16.3. The molecule has 27 heavy (non-hydrogen) atoms. The first-order valence-corrected chi connectivity index (χ1v) is 9.62. The van der Waals surface area contributed by atoms with Crippen LogP contribution in [0.25, 0.3) is 6.08 Å². The SMILES string of the molecule is Cc1ccc(Cn2nc(C)c(/C=C/C(=O)N3CC(C)OC(C)C3)c2Cl)cc1. The summed E-state index contributed by atoms with van der Waals surface area (Å²) in [6.07, 6.45) is 3.45. The first kappa shape index (κ1) is 19.6. The third kappa shape index (κ3) is 4.79. The summed E-state index contributed by atoms with van der Waals surface area (Å²) in [6.45, 7) is 9.73. The number of aryl methyl sites for hydroxylation is 2. The van der Waals surface area contributed by atoms with Gasteiger partial charge in [-0.15, -0.1) is 0 Å². The zero-order chi connectivity index (χ0) is 19.6. The standard InChI is InChI=1S/C21H26ClN3O2/c1-14-5-7-18(8-6-14)13-25-21(22)19(17(4)23-25)9-10-20(26)24-11-15(2)27-16(3)12-24/h5-10,15-16H,11-13H2,1-4H3/b10-9+. The van der Waals surface area contributed by atoms with Crippen molar-refractivity contribution >= 4 is 23.6 Å². The molecule has 0 radical (unpaired) electrons. The van der Waals surface area contributed by atoms with E-state index in [9.17, 15) is 4.79 Å². The van der Waals surface area contributed by atoms with Gasteiger partial charge in [0.15, 0.2) is 0 Å². The summed E-state index contributed by atoms with van der Waals surface area (Å²) in [4.78, 5) is 14.3. The molecule has 6 heteroatoms. The summed E-state index contributed by atoms with van der Waals surface area (Å²) in [5, 5.41) is 5.07. The molecule has 1 aliphatic rings. The molecule has 0 saturated carbocycles. The van der Waals surface area contributed by atoms with Gasteiger partial charge in [0.25, 0.3) is 0 Å². The number of carbonyl (C=O) groups is 1. The van der Waals surface area contributed by atoms with Crippen molar-refractivity contribution < 1.29 is 9.53 Å². The maximum Gasteiger partial charge on any atom is 0.246 e. The Morgan fingerprint density at radius 2 is 1.85 bits per heavy atom. The van der Waals surface area contributed by atoms with Crippen LogP contribution in [0.4, 0.5) is 0 Å². The number of amides is 1. The van der Waals surface area contributed by atoms with Gasteiger partial charge in [-0.05, 0) is 39.3 Å². The second-order valence-electron chi connectivity index (χ2n) is 7.27. The third-order valence-corrected chi connectivity index (χ3v) is 5.08. The van der Waals surface area contributed by atoms with Crippen LogP contribution in [0, 0.1) is 13.8 Å². The Morgan fingerprint density at radius 1 is 1.22 bits per heavy atom. The average Bonchev–Trinajstić information content (AvgIpc) is 2.87. The largest absolute Gasteiger partial charge is 0.372 e. The molecule has 2 heterocycles. The van der Waals surface area contributed by atoms with E-state index in [0.717, 1.165) is 16.8 Å². The van der Waals surface area contributed by atoms with Gasteiger partial charge >= 0.3 is 0 Å². The van der Waals surface area contributed by atoms with Gasteiger partial charge in [0.05, 0.1) is 24.4 Å². The van der Waals surface area contributed by atoms with E-state index < -0.39 is 0 Å². The molecule has 1 saturated heterocycles. The summed E-state index contributed by atoms with van der Waals surface area (Å²) in [6, 6.07) is 8.29. The van der Waals surface area contributed by atoms with E-state index in [1.165, 1.54) is 5.56 Å². The average molecular weight is 388 g/mol. The maximum atomic E-state index is 12.5. The zero-order valence-corrected chi connectivity index (χ0v) is 17.0. The number of benzene rings is 1. The van der Waals surface area contributed by atoms with Crippen molar-refractivity contribution in [1.82, 2.24) is 14.7 Å². The van der Waals surface area contributed by atoms with E-state index in [0.29, 0.717) is 24.8 Å². The predicted molar refractivity (Wildman–Crippen MR) is 108 cm³/mol. The van der Waals surface area contributed by atoms with Crippen LogP contribution in [0.1, 0.15) is 36.2 Å². The molecule has 2 atom stereocenters. The van der Waals surface area contributed by atoms with Crippen molar-refractivity contribution in [2.24, 2.45) is 0 Å². The number of ether oxygens (including phenoxy) is 1. The lowest BCUT2D eigenvalue weighted by Gasteiger charge is -2.34. The summed E-state index contributed by atoms with van der Waals surface area (Å²) >= 11 is 6.53. The fourth-order valence-electron chi connectivity index (χ4n) is 3.35. The molecule has 1 aliphatic heterocycles. The second-order valence-corrected chi connectivity index (χ2v) is 7.63. The van der Waals surface area contributed by atoms with Gasteiger partial charge in [-0.1, -0.05) is 41.4 Å². The highest BCUT2D eigenvalue weighted by Gasteiger charge is 2.24. The van der Waals surface area contributed by atoms with Crippen molar-refractivity contribution in [2.45, 2.75) is 46.4 Å². The van der Waals surface area contributed by atoms with Crippen LogP contribution in [0.5, 0.6) is 0 Å². The Labute approximate surface area is 165 Å². The van der Waals surface area contributed by atoms with Crippen LogP contribution in [-0.2, 0) is 16.1 Å². The number of hydrogen-bond donors (Lipinski definition) is 0. The smallest absolute Gasteiger partial charge is 0.246 e. The minimum atomic E-state index is -0.0289. The first-order chi connectivity index (χ1) is 12.8. The lowest BCUT2D eigenvalue weighted by atomic mass is 10.1. The van der Waals surface area contributed by atoms with Crippen molar-refractivity contribution in [2.75, 3.05) is 13.1 Å². The van der Waals surface area contributed by atoms with Crippen LogP contribution in [0.15, 0.2) is 30.3 Å². The van der Waals surface area contributed by atoms with E-state index in [-0.39, 0.29) is 18.1 Å². The molecule has 2 unspecified atom stereocenters. The molecule has 2 aromatic rings. The predicted octanol–water partition coefficient (Wildman–Crippen LogP) is 3.85. The van der Waals surface area contributed by atoms with Crippen LogP contribution in [-0.4, -0.2) is 45.9 Å². The van der Waals surface area contributed by atoms with Gasteiger partial charge in [-0.3, -0.25) is 4.79 Å². The highest BCUT2D eigenvalue weighted by molar-refractivity contribution is 6.31. The number of rotatable bonds is 4. The number of hydrogen-bond acceptors (Lipinski definition) is 3. The van der Waals surface area contributed by atoms with E-state index in [4.69, 9.17) is 16.3 Å². The van der Waals surface area contributed by atoms with E-state index in [2.05, 4.69) is 36.3 Å². The number of carbonyl (C=O) groups excluding carboxylic acids is 1. The van der Waals surface area contributed by atoms with Gasteiger partial charge < -0.3 is 9.64 Å². The highest BCUT2D eigenvalue weighted by Crippen LogP contribution is 2.23. The summed E-state index contributed by atoms with van der Waals surface area (Å²) in [5.74, 6) is -0.0289. The van der Waals surface area contributed by atoms with Crippen LogP contribution in [0.2, 0.25) is 5.15 Å². The molecule has 1 fully saturated rings. The summed E-state index contributed by atoms with van der Waals surface area (Å²) in [5.41, 5.74) is 3.94. The molecule has 1 amide bonds. The normalized spacial score (nSPS) is 20.4. The Bertz CT molecular complexity index is 832. The fourth-order valence-corrected chi connectivity index (χ4v) is 3.64. The van der Waals surface area contributed by atoms with Crippen LogP contribution < -0.4 is 0 Å². The van der Waals surface area contributed by atoms with E-state index >= 15 is 0 Å². The topological polar surface area (TPSA) is 47.4 Å². The Morgan fingerprint density at radius 3 is 2.48 bits per heavy atom. The second kappa shape index (κ2) is 8.28. The van der Waals surface area contributed by atoms with Crippen molar-refractivity contribution in [3.05, 3.63) is 57.9 Å². The van der Waals surface area contributed by atoms with Crippen molar-refractivity contribution in [1.29, 1.82) is 0 Å². The van der Waals surface area contributed by atoms with Gasteiger partial charge in [0.2, 0.25) is 5.91 Å². The Balaban J connectivity index is 1.73. The molecular formula is C21H26ClN3O2. The Kier molecular flexibility index (Phi) is 6.02. The number of aromatic nitrogens is 2. The number of halogens is 1. The molecule has 3 rings (SSSR count). The molecule has 5 nitrogen and oxygen atoms in total. The lowest BCUT2D eigenvalue weighted by Crippen LogP contribution is -2.47. The molecule has 0 bridgehead atoms. The van der Waals surface area contributed by atoms with Crippen molar-refractivity contribution in [3.63, 3.8) is 0 Å². The molecular weight excluding hydrogens is 362 g/mol. The fraction of sp³-hybridized carbons (Fsp3) is 0.429. The number of morpholine rings is 1. The summed E-state index contributed by atoms with van der Waals surface area (Å²) < 4.78 is 7.45. The minimum Gasteiger partial charge on any atom is -0.372 e. The molecule has 0 N–H and O–H groups in total. The van der Waals surface area contributed by atoms with E-state index in [1.807, 2.05) is 25.7 Å². The Hall–Kier alpha value is -2.11. The first-order valence-electron chi connectivity index (χ1n) is 9.24. The van der Waals surface area contributed by atoms with Gasteiger partial charge in [-0.2, -0.15) is 5.10 Å².